The molecular formula is C12H21NO2. The highest BCUT2D eigenvalue weighted by molar-refractivity contribution is 5.90. The fraction of sp³-hybridized carbons (Fsp3) is 0.417. The van der Waals surface area contributed by atoms with Gasteiger partial charge in [0.1, 0.15) is 0 Å². The number of methoxy groups -OCH3 is 1. The van der Waals surface area contributed by atoms with Crippen molar-refractivity contribution in [2.24, 2.45) is 5.73 Å². The van der Waals surface area contributed by atoms with Crippen LogP contribution < -0.4 is 5.73 Å². The molecule has 0 radical (unpaired) electrons. The molecule has 0 saturated heterocycles. The van der Waals surface area contributed by atoms with Gasteiger partial charge in [-0.15, -0.1) is 0 Å². The first-order chi connectivity index (χ1) is 7.25. The maximum absolute atomic E-state index is 11.0. The van der Waals surface area contributed by atoms with E-state index < -0.39 is 0 Å². The van der Waals surface area contributed by atoms with E-state index in [-0.39, 0.29) is 5.97 Å². The van der Waals surface area contributed by atoms with Crippen LogP contribution >= 0.6 is 0 Å². The van der Waals surface area contributed by atoms with Crippen LogP contribution in [-0.2, 0) is 4.74 Å². The van der Waals surface area contributed by atoms with Gasteiger partial charge in [-0.25, -0.2) is 4.79 Å². The molecule has 15 heavy (non-hydrogen) atoms. The minimum atomic E-state index is -0.275. The lowest BCUT2D eigenvalue weighted by atomic mass is 10.1. The third-order valence-corrected chi connectivity index (χ3v) is 1.55. The van der Waals surface area contributed by atoms with E-state index in [1.54, 1.807) is 6.07 Å². The minimum absolute atomic E-state index is 0.275. The van der Waals surface area contributed by atoms with E-state index in [0.717, 1.165) is 5.56 Å². The topological polar surface area (TPSA) is 52.3 Å². The van der Waals surface area contributed by atoms with E-state index in [0.29, 0.717) is 5.56 Å². The largest absolute Gasteiger partial charge is 0.465 e. The van der Waals surface area contributed by atoms with Crippen LogP contribution in [-0.4, -0.2) is 20.1 Å². The van der Waals surface area contributed by atoms with Gasteiger partial charge in [-0.1, -0.05) is 32.0 Å². The molecule has 0 aliphatic heterocycles. The van der Waals surface area contributed by atoms with Crippen LogP contribution in [0.1, 0.15) is 29.8 Å². The summed E-state index contributed by atoms with van der Waals surface area (Å²) in [5.74, 6) is -0.275. The molecule has 3 heteroatoms. The van der Waals surface area contributed by atoms with E-state index in [1.165, 1.54) is 14.2 Å². The van der Waals surface area contributed by atoms with Crippen LogP contribution in [0.15, 0.2) is 24.3 Å². The summed E-state index contributed by atoms with van der Waals surface area (Å²) in [4.78, 5) is 11.0. The van der Waals surface area contributed by atoms with Crippen molar-refractivity contribution < 1.29 is 9.53 Å². The average molecular weight is 211 g/mol. The Morgan fingerprint density at radius 1 is 1.20 bits per heavy atom. The molecule has 3 nitrogen and oxygen atoms in total. The lowest BCUT2D eigenvalue weighted by molar-refractivity contribution is 0.0600. The minimum Gasteiger partial charge on any atom is -0.465 e. The SMILES string of the molecule is CC.CN.COC(=O)c1ccccc1C. The highest BCUT2D eigenvalue weighted by Gasteiger charge is 2.05. The number of carbonyl (C=O) groups is 1. The van der Waals surface area contributed by atoms with E-state index in [2.05, 4.69) is 10.5 Å². The number of ether oxygens (including phenoxy) is 1. The molecule has 0 bridgehead atoms. The van der Waals surface area contributed by atoms with Crippen LogP contribution in [0.3, 0.4) is 0 Å². The number of benzene rings is 1. The molecule has 0 aliphatic rings. The first-order valence-corrected chi connectivity index (χ1v) is 4.97. The third-order valence-electron chi connectivity index (χ3n) is 1.55. The van der Waals surface area contributed by atoms with Crippen molar-refractivity contribution in [2.75, 3.05) is 14.2 Å². The van der Waals surface area contributed by atoms with E-state index in [1.807, 2.05) is 39.0 Å². The molecular weight excluding hydrogens is 190 g/mol. The fourth-order valence-corrected chi connectivity index (χ4v) is 0.912. The van der Waals surface area contributed by atoms with E-state index in [9.17, 15) is 4.79 Å². The van der Waals surface area contributed by atoms with Crippen molar-refractivity contribution in [3.63, 3.8) is 0 Å². The first kappa shape index (κ1) is 16.1. The number of hydrogen-bond donors (Lipinski definition) is 1. The van der Waals surface area contributed by atoms with Gasteiger partial charge in [0.05, 0.1) is 12.7 Å². The summed E-state index contributed by atoms with van der Waals surface area (Å²) in [7, 11) is 2.88. The molecule has 0 saturated carbocycles. The summed E-state index contributed by atoms with van der Waals surface area (Å²) in [6.07, 6.45) is 0. The third kappa shape index (κ3) is 5.86. The number of nitrogens with two attached hydrogens (primary N) is 1. The van der Waals surface area contributed by atoms with Crippen LogP contribution in [0.25, 0.3) is 0 Å². The van der Waals surface area contributed by atoms with Gasteiger partial charge >= 0.3 is 5.97 Å². The summed E-state index contributed by atoms with van der Waals surface area (Å²) in [6.45, 7) is 5.88. The zero-order valence-electron chi connectivity index (χ0n) is 10.2. The Morgan fingerprint density at radius 2 is 1.67 bits per heavy atom. The Morgan fingerprint density at radius 3 is 2.07 bits per heavy atom. The molecule has 0 aliphatic carbocycles. The van der Waals surface area contributed by atoms with E-state index >= 15 is 0 Å². The fourth-order valence-electron chi connectivity index (χ4n) is 0.912. The number of aryl methyl sites for hydroxylation is 1. The molecule has 2 N–H and O–H groups in total. The standard InChI is InChI=1S/C9H10O2.C2H6.CH5N/c1-7-5-3-4-6-8(7)9(10)11-2;2*1-2/h3-6H,1-2H3;1-2H3;2H2,1H3. The quantitative estimate of drug-likeness (QED) is 0.726. The van der Waals surface area contributed by atoms with Gasteiger partial charge in [0.25, 0.3) is 0 Å². The van der Waals surface area contributed by atoms with Crippen LogP contribution in [0.2, 0.25) is 0 Å². The molecule has 0 spiro atoms. The Labute approximate surface area is 92.2 Å². The Balaban J connectivity index is 0. The number of carbonyl (C=O) groups excluding carboxylic acids is 1. The van der Waals surface area contributed by atoms with E-state index in [4.69, 9.17) is 0 Å². The lowest BCUT2D eigenvalue weighted by Crippen LogP contribution is -2.02. The Bertz CT molecular complexity index is 272. The van der Waals surface area contributed by atoms with Gasteiger partial charge in [-0.05, 0) is 25.6 Å². The van der Waals surface area contributed by atoms with Crippen LogP contribution in [0, 0.1) is 6.92 Å². The lowest BCUT2D eigenvalue weighted by Gasteiger charge is -2.00. The number of esters is 1. The molecule has 0 heterocycles. The maximum atomic E-state index is 11.0. The van der Waals surface area contributed by atoms with Crippen LogP contribution in [0.4, 0.5) is 0 Å². The second-order valence-corrected chi connectivity index (χ2v) is 2.31. The van der Waals surface area contributed by atoms with Crippen molar-refractivity contribution in [3.05, 3.63) is 35.4 Å². The van der Waals surface area contributed by atoms with Gasteiger partial charge in [-0.3, -0.25) is 0 Å². The highest BCUT2D eigenvalue weighted by atomic mass is 16.5. The maximum Gasteiger partial charge on any atom is 0.338 e. The summed E-state index contributed by atoms with van der Waals surface area (Å²) < 4.78 is 4.58. The molecule has 0 amide bonds. The van der Waals surface area contributed by atoms with Gasteiger partial charge in [0.2, 0.25) is 0 Å². The summed E-state index contributed by atoms with van der Waals surface area (Å²) >= 11 is 0. The predicted octanol–water partition coefficient (Wildman–Crippen LogP) is 2.38. The summed E-state index contributed by atoms with van der Waals surface area (Å²) in [5, 5.41) is 0. The van der Waals surface area contributed by atoms with Crippen molar-refractivity contribution in [3.8, 4) is 0 Å². The smallest absolute Gasteiger partial charge is 0.338 e. The monoisotopic (exact) mass is 211 g/mol. The molecule has 0 atom stereocenters. The Kier molecular flexibility index (Phi) is 11.5. The van der Waals surface area contributed by atoms with Gasteiger partial charge in [0, 0.05) is 0 Å². The van der Waals surface area contributed by atoms with Crippen molar-refractivity contribution in [2.45, 2.75) is 20.8 Å². The molecule has 0 fully saturated rings. The Hall–Kier alpha value is -1.35. The molecule has 86 valence electrons. The number of rotatable bonds is 1. The van der Waals surface area contributed by atoms with Crippen molar-refractivity contribution in [1.82, 2.24) is 0 Å². The normalized spacial score (nSPS) is 7.60. The zero-order chi connectivity index (χ0) is 12.3. The molecule has 1 rings (SSSR count). The number of hydrogen-bond acceptors (Lipinski definition) is 3. The molecule has 0 unspecified atom stereocenters. The second kappa shape index (κ2) is 10.7. The summed E-state index contributed by atoms with van der Waals surface area (Å²) in [5.41, 5.74) is 6.08. The average Bonchev–Trinajstić information content (AvgIpc) is 2.34. The predicted molar refractivity (Wildman–Crippen MR) is 64.0 cm³/mol. The molecule has 1 aromatic carbocycles. The molecule has 1 aromatic rings. The van der Waals surface area contributed by atoms with Gasteiger partial charge in [0.15, 0.2) is 0 Å². The van der Waals surface area contributed by atoms with Crippen molar-refractivity contribution >= 4 is 5.97 Å². The second-order valence-electron chi connectivity index (χ2n) is 2.31. The molecule has 0 aromatic heterocycles. The highest BCUT2D eigenvalue weighted by Crippen LogP contribution is 2.07. The zero-order valence-corrected chi connectivity index (χ0v) is 10.2. The van der Waals surface area contributed by atoms with Crippen LogP contribution in [0.5, 0.6) is 0 Å². The van der Waals surface area contributed by atoms with Crippen molar-refractivity contribution in [1.29, 1.82) is 0 Å². The summed E-state index contributed by atoms with van der Waals surface area (Å²) in [6, 6.07) is 7.34. The van der Waals surface area contributed by atoms with Gasteiger partial charge in [-0.2, -0.15) is 0 Å². The van der Waals surface area contributed by atoms with Gasteiger partial charge < -0.3 is 10.5 Å². The first-order valence-electron chi connectivity index (χ1n) is 4.97.